The topological polar surface area (TPSA) is 98.2 Å². The Balaban J connectivity index is 1.93. The van der Waals surface area contributed by atoms with E-state index in [1.54, 1.807) is 30.5 Å². The number of nitrogens with one attached hydrogen (secondary N) is 1. The van der Waals surface area contributed by atoms with E-state index in [2.05, 4.69) is 9.97 Å². The maximum Gasteiger partial charge on any atom is 0.239 e. The molecule has 0 fully saturated rings. The Morgan fingerprint density at radius 2 is 2.09 bits per heavy atom. The van der Waals surface area contributed by atoms with Crippen LogP contribution in [0.3, 0.4) is 0 Å². The summed E-state index contributed by atoms with van der Waals surface area (Å²) in [4.78, 5) is 19.8. The molecule has 1 amide bonds. The Hall–Kier alpha value is -2.48. The third kappa shape index (κ3) is 5.67. The van der Waals surface area contributed by atoms with E-state index in [1.165, 1.54) is 12.4 Å². The van der Waals surface area contributed by atoms with E-state index in [0.29, 0.717) is 23.6 Å². The fourth-order valence-electron chi connectivity index (χ4n) is 1.88. The normalized spacial score (nSPS) is 11.0. The summed E-state index contributed by atoms with van der Waals surface area (Å²) in [5, 5.41) is 0. The Morgan fingerprint density at radius 3 is 2.70 bits per heavy atom. The number of aromatic nitrogens is 2. The summed E-state index contributed by atoms with van der Waals surface area (Å²) in [6, 6.07) is 6.57. The second kappa shape index (κ2) is 7.68. The highest BCUT2D eigenvalue weighted by Crippen LogP contribution is 2.09. The quantitative estimate of drug-likeness (QED) is 0.812. The van der Waals surface area contributed by atoms with E-state index in [4.69, 9.17) is 4.74 Å². The molecule has 7 nitrogen and oxygen atoms in total. The van der Waals surface area contributed by atoms with E-state index in [1.807, 2.05) is 11.6 Å². The fourth-order valence-corrected chi connectivity index (χ4v) is 2.98. The Kier molecular flexibility index (Phi) is 5.64. The molecule has 0 unspecified atom stereocenters. The molecule has 0 atom stereocenters. The number of hydrogen-bond donors (Lipinski definition) is 1. The zero-order chi connectivity index (χ0) is 16.7. The molecular weight excluding hydrogens is 318 g/mol. The summed E-state index contributed by atoms with van der Waals surface area (Å²) >= 11 is 0. The van der Waals surface area contributed by atoms with Crippen LogP contribution < -0.4 is 9.46 Å². The van der Waals surface area contributed by atoms with Gasteiger partial charge in [-0.15, -0.1) is 0 Å². The summed E-state index contributed by atoms with van der Waals surface area (Å²) in [5.74, 6) is -0.338. The molecule has 0 radical (unpaired) electrons. The van der Waals surface area contributed by atoms with Crippen LogP contribution >= 0.6 is 0 Å². The van der Waals surface area contributed by atoms with Crippen molar-refractivity contribution in [3.8, 4) is 5.75 Å². The van der Waals surface area contributed by atoms with Crippen LogP contribution in [0.5, 0.6) is 5.75 Å². The maximum atomic E-state index is 11.9. The molecule has 0 aliphatic rings. The molecule has 2 heterocycles. The average molecular weight is 335 g/mol. The van der Waals surface area contributed by atoms with E-state index >= 15 is 0 Å². The van der Waals surface area contributed by atoms with E-state index < -0.39 is 15.9 Å². The molecule has 122 valence electrons. The summed E-state index contributed by atoms with van der Waals surface area (Å²) in [6.45, 7) is 2.38. The fraction of sp³-hybridized carbons (Fsp3) is 0.267. The number of pyridine rings is 2. The van der Waals surface area contributed by atoms with Gasteiger partial charge in [-0.3, -0.25) is 19.5 Å². The molecular formula is C15H17N3O4S. The predicted octanol–water partition coefficient (Wildman–Crippen LogP) is 1.06. The van der Waals surface area contributed by atoms with Crippen molar-refractivity contribution < 1.29 is 17.9 Å². The first-order chi connectivity index (χ1) is 11.0. The molecule has 0 aromatic carbocycles. The van der Waals surface area contributed by atoms with Crippen LogP contribution in [0.15, 0.2) is 42.9 Å². The lowest BCUT2D eigenvalue weighted by molar-refractivity contribution is -0.118. The molecule has 0 spiro atoms. The maximum absolute atomic E-state index is 11.9. The van der Waals surface area contributed by atoms with Gasteiger partial charge < -0.3 is 4.74 Å². The van der Waals surface area contributed by atoms with Crippen molar-refractivity contribution in [1.29, 1.82) is 0 Å². The minimum Gasteiger partial charge on any atom is -0.492 e. The third-order valence-electron chi connectivity index (χ3n) is 2.80. The van der Waals surface area contributed by atoms with Crippen molar-refractivity contribution in [2.24, 2.45) is 0 Å². The number of nitrogens with zero attached hydrogens (tertiary/aromatic N) is 2. The summed E-state index contributed by atoms with van der Waals surface area (Å²) in [5.41, 5.74) is 0.967. The molecule has 2 rings (SSSR count). The monoisotopic (exact) mass is 335 g/mol. The first-order valence-electron chi connectivity index (χ1n) is 6.98. The summed E-state index contributed by atoms with van der Waals surface area (Å²) in [6.07, 6.45) is 4.36. The molecule has 23 heavy (non-hydrogen) atoms. The van der Waals surface area contributed by atoms with Crippen molar-refractivity contribution >= 4 is 15.9 Å². The van der Waals surface area contributed by atoms with Crippen molar-refractivity contribution in [2.75, 3.05) is 6.61 Å². The predicted molar refractivity (Wildman–Crippen MR) is 84.1 cm³/mol. The molecule has 2 aromatic rings. The standard InChI is InChI=1S/C15H17N3O4S/c1-2-22-14-6-5-13(17-10-14)8-15(19)18-23(20,21)11-12-4-3-7-16-9-12/h3-7,9-10H,2,8,11H2,1H3,(H,18,19). The van der Waals surface area contributed by atoms with Crippen molar-refractivity contribution in [2.45, 2.75) is 19.1 Å². The second-order valence-electron chi connectivity index (χ2n) is 4.74. The lowest BCUT2D eigenvalue weighted by atomic mass is 10.2. The zero-order valence-electron chi connectivity index (χ0n) is 12.6. The number of hydrogen-bond acceptors (Lipinski definition) is 6. The third-order valence-corrected chi connectivity index (χ3v) is 4.05. The van der Waals surface area contributed by atoms with Crippen LogP contribution in [0.25, 0.3) is 0 Å². The van der Waals surface area contributed by atoms with Gasteiger partial charge in [-0.1, -0.05) is 6.07 Å². The van der Waals surface area contributed by atoms with Crippen LogP contribution in [-0.2, 0) is 27.0 Å². The van der Waals surface area contributed by atoms with Crippen LogP contribution in [-0.4, -0.2) is 30.9 Å². The highest BCUT2D eigenvalue weighted by molar-refractivity contribution is 7.89. The minimum atomic E-state index is -3.76. The molecule has 0 aliphatic heterocycles. The van der Waals surface area contributed by atoms with E-state index in [-0.39, 0.29) is 12.2 Å². The Morgan fingerprint density at radius 1 is 1.26 bits per heavy atom. The van der Waals surface area contributed by atoms with Crippen LogP contribution in [0, 0.1) is 0 Å². The first kappa shape index (κ1) is 16.9. The number of ether oxygens (including phenoxy) is 1. The van der Waals surface area contributed by atoms with Crippen LogP contribution in [0.2, 0.25) is 0 Å². The lowest BCUT2D eigenvalue weighted by Gasteiger charge is -2.07. The van der Waals surface area contributed by atoms with Crippen LogP contribution in [0.4, 0.5) is 0 Å². The number of rotatable bonds is 7. The van der Waals surface area contributed by atoms with Gasteiger partial charge in [0.25, 0.3) is 0 Å². The molecule has 0 saturated carbocycles. The summed E-state index contributed by atoms with van der Waals surface area (Å²) < 4.78 is 31.2. The average Bonchev–Trinajstić information content (AvgIpc) is 2.49. The van der Waals surface area contributed by atoms with E-state index in [9.17, 15) is 13.2 Å². The van der Waals surface area contributed by atoms with Gasteiger partial charge in [-0.25, -0.2) is 8.42 Å². The Labute approximate surface area is 134 Å². The first-order valence-corrected chi connectivity index (χ1v) is 8.63. The van der Waals surface area contributed by atoms with Gasteiger partial charge in [0, 0.05) is 18.1 Å². The van der Waals surface area contributed by atoms with Crippen molar-refractivity contribution in [1.82, 2.24) is 14.7 Å². The van der Waals surface area contributed by atoms with Gasteiger partial charge in [0.2, 0.25) is 15.9 Å². The molecule has 0 aliphatic carbocycles. The summed E-state index contributed by atoms with van der Waals surface area (Å²) in [7, 11) is -3.76. The van der Waals surface area contributed by atoms with E-state index in [0.717, 1.165) is 0 Å². The van der Waals surface area contributed by atoms with Crippen molar-refractivity contribution in [3.05, 3.63) is 54.1 Å². The highest BCUT2D eigenvalue weighted by atomic mass is 32.2. The lowest BCUT2D eigenvalue weighted by Crippen LogP contribution is -2.33. The largest absolute Gasteiger partial charge is 0.492 e. The molecule has 0 saturated heterocycles. The van der Waals surface area contributed by atoms with Gasteiger partial charge in [-0.2, -0.15) is 0 Å². The SMILES string of the molecule is CCOc1ccc(CC(=O)NS(=O)(=O)Cc2cccnc2)nc1. The smallest absolute Gasteiger partial charge is 0.239 e. The van der Waals surface area contributed by atoms with Gasteiger partial charge in [-0.05, 0) is 30.7 Å². The molecule has 1 N–H and O–H groups in total. The number of carbonyl (C=O) groups excluding carboxylic acids is 1. The molecule has 8 heteroatoms. The molecule has 0 bridgehead atoms. The van der Waals surface area contributed by atoms with Gasteiger partial charge in [0.1, 0.15) is 5.75 Å². The molecule has 2 aromatic heterocycles. The van der Waals surface area contributed by atoms with Crippen LogP contribution in [0.1, 0.15) is 18.2 Å². The number of sulfonamides is 1. The van der Waals surface area contributed by atoms with Crippen molar-refractivity contribution in [3.63, 3.8) is 0 Å². The zero-order valence-corrected chi connectivity index (χ0v) is 13.4. The number of carbonyl (C=O) groups is 1. The highest BCUT2D eigenvalue weighted by Gasteiger charge is 2.16. The second-order valence-corrected chi connectivity index (χ2v) is 6.46. The van der Waals surface area contributed by atoms with Gasteiger partial charge in [0.05, 0.1) is 25.0 Å². The Bertz CT molecular complexity index is 746. The van der Waals surface area contributed by atoms with Gasteiger partial charge >= 0.3 is 0 Å². The van der Waals surface area contributed by atoms with Gasteiger partial charge in [0.15, 0.2) is 0 Å². The minimum absolute atomic E-state index is 0.126. The number of amides is 1.